The van der Waals surface area contributed by atoms with E-state index < -0.39 is 0 Å². The predicted molar refractivity (Wildman–Crippen MR) is 72.9 cm³/mol. The van der Waals surface area contributed by atoms with Crippen LogP contribution in [-0.2, 0) is 17.6 Å². The summed E-state index contributed by atoms with van der Waals surface area (Å²) < 4.78 is 1.10. The fourth-order valence-electron chi connectivity index (χ4n) is 2.22. The van der Waals surface area contributed by atoms with Crippen LogP contribution in [-0.4, -0.2) is 12.5 Å². The van der Waals surface area contributed by atoms with Gasteiger partial charge in [0.25, 0.3) is 0 Å². The van der Waals surface area contributed by atoms with Gasteiger partial charge in [0.1, 0.15) is 0 Å². The van der Waals surface area contributed by atoms with Crippen molar-refractivity contribution >= 4 is 21.8 Å². The molecule has 1 aliphatic carbocycles. The quantitative estimate of drug-likeness (QED) is 0.913. The minimum Gasteiger partial charge on any atom is -0.356 e. The molecule has 0 aliphatic heterocycles. The van der Waals surface area contributed by atoms with E-state index in [1.165, 1.54) is 11.1 Å². The summed E-state index contributed by atoms with van der Waals surface area (Å²) in [7, 11) is 0. The molecule has 0 radical (unpaired) electrons. The fourth-order valence-corrected chi connectivity index (χ4v) is 2.63. The first-order chi connectivity index (χ1) is 8.06. The van der Waals surface area contributed by atoms with Gasteiger partial charge in [0.15, 0.2) is 0 Å². The number of rotatable bonds is 3. The molecule has 3 heteroatoms. The monoisotopic (exact) mass is 295 g/mol. The standard InChI is InChI=1S/C14H18BrNO/c1-9(2)8-16-14(17)12-5-10-3-4-13(15)7-11(10)6-12/h3-4,7,9,12H,5-6,8H2,1-2H3,(H,16,17). The van der Waals surface area contributed by atoms with Gasteiger partial charge < -0.3 is 5.32 Å². The van der Waals surface area contributed by atoms with Crippen LogP contribution in [0, 0.1) is 11.8 Å². The Hall–Kier alpha value is -0.830. The number of carbonyl (C=O) groups excluding carboxylic acids is 1. The van der Waals surface area contributed by atoms with E-state index in [9.17, 15) is 4.79 Å². The molecule has 1 aromatic carbocycles. The lowest BCUT2D eigenvalue weighted by Crippen LogP contribution is -2.33. The molecule has 1 N–H and O–H groups in total. The largest absolute Gasteiger partial charge is 0.356 e. The third kappa shape index (κ3) is 3.09. The number of halogens is 1. The summed E-state index contributed by atoms with van der Waals surface area (Å²) in [6.45, 7) is 5.00. The van der Waals surface area contributed by atoms with Crippen molar-refractivity contribution in [2.45, 2.75) is 26.7 Å². The maximum atomic E-state index is 12.0. The third-order valence-corrected chi connectivity index (χ3v) is 3.65. The zero-order valence-corrected chi connectivity index (χ0v) is 11.9. The van der Waals surface area contributed by atoms with Crippen LogP contribution in [0.3, 0.4) is 0 Å². The Morgan fingerprint density at radius 1 is 1.41 bits per heavy atom. The zero-order chi connectivity index (χ0) is 12.4. The Kier molecular flexibility index (Phi) is 3.87. The van der Waals surface area contributed by atoms with Gasteiger partial charge in [0.05, 0.1) is 0 Å². The van der Waals surface area contributed by atoms with Crippen LogP contribution in [0.25, 0.3) is 0 Å². The summed E-state index contributed by atoms with van der Waals surface area (Å²) in [5, 5.41) is 3.02. The van der Waals surface area contributed by atoms with Gasteiger partial charge >= 0.3 is 0 Å². The lowest BCUT2D eigenvalue weighted by Gasteiger charge is -2.11. The molecule has 92 valence electrons. The van der Waals surface area contributed by atoms with Crippen LogP contribution in [0.1, 0.15) is 25.0 Å². The molecule has 0 heterocycles. The molecule has 1 aliphatic rings. The van der Waals surface area contributed by atoms with Gasteiger partial charge in [0, 0.05) is 16.9 Å². The van der Waals surface area contributed by atoms with E-state index in [2.05, 4.69) is 47.2 Å². The van der Waals surface area contributed by atoms with Crippen LogP contribution in [0.15, 0.2) is 22.7 Å². The van der Waals surface area contributed by atoms with Gasteiger partial charge in [-0.25, -0.2) is 0 Å². The van der Waals surface area contributed by atoms with Crippen molar-refractivity contribution in [1.82, 2.24) is 5.32 Å². The topological polar surface area (TPSA) is 29.1 Å². The minimum atomic E-state index is 0.123. The first kappa shape index (κ1) is 12.6. The summed E-state index contributed by atoms with van der Waals surface area (Å²) in [6.07, 6.45) is 1.76. The second kappa shape index (κ2) is 5.21. The van der Waals surface area contributed by atoms with Gasteiger partial charge in [-0.3, -0.25) is 4.79 Å². The Morgan fingerprint density at radius 3 is 2.82 bits per heavy atom. The number of amides is 1. The first-order valence-electron chi connectivity index (χ1n) is 6.11. The van der Waals surface area contributed by atoms with Crippen molar-refractivity contribution in [3.63, 3.8) is 0 Å². The van der Waals surface area contributed by atoms with E-state index >= 15 is 0 Å². The van der Waals surface area contributed by atoms with Crippen LogP contribution < -0.4 is 5.32 Å². The molecule has 1 atom stereocenters. The molecular weight excluding hydrogens is 278 g/mol. The van der Waals surface area contributed by atoms with E-state index in [-0.39, 0.29) is 11.8 Å². The molecular formula is C14H18BrNO. The molecule has 2 rings (SSSR count). The molecule has 2 nitrogen and oxygen atoms in total. The Bertz CT molecular complexity index is 428. The first-order valence-corrected chi connectivity index (χ1v) is 6.90. The van der Waals surface area contributed by atoms with E-state index in [0.29, 0.717) is 5.92 Å². The molecule has 1 aromatic rings. The van der Waals surface area contributed by atoms with E-state index in [1.54, 1.807) is 0 Å². The number of carbonyl (C=O) groups is 1. The van der Waals surface area contributed by atoms with Gasteiger partial charge in [-0.05, 0) is 42.0 Å². The minimum absolute atomic E-state index is 0.123. The van der Waals surface area contributed by atoms with E-state index in [0.717, 1.165) is 23.9 Å². The predicted octanol–water partition coefficient (Wildman–Crippen LogP) is 2.94. The van der Waals surface area contributed by atoms with Gasteiger partial charge in [-0.15, -0.1) is 0 Å². The number of fused-ring (bicyclic) bond motifs is 1. The fraction of sp³-hybridized carbons (Fsp3) is 0.500. The smallest absolute Gasteiger partial charge is 0.223 e. The molecule has 0 saturated carbocycles. The second-order valence-corrected chi connectivity index (χ2v) is 6.07. The Labute approximate surface area is 111 Å². The van der Waals surface area contributed by atoms with Crippen molar-refractivity contribution < 1.29 is 4.79 Å². The van der Waals surface area contributed by atoms with Gasteiger partial charge in [0.2, 0.25) is 5.91 Å². The highest BCUT2D eigenvalue weighted by atomic mass is 79.9. The van der Waals surface area contributed by atoms with E-state index in [4.69, 9.17) is 0 Å². The van der Waals surface area contributed by atoms with E-state index in [1.807, 2.05) is 6.07 Å². The zero-order valence-electron chi connectivity index (χ0n) is 10.3. The molecule has 1 unspecified atom stereocenters. The highest BCUT2D eigenvalue weighted by molar-refractivity contribution is 9.10. The van der Waals surface area contributed by atoms with Crippen LogP contribution in [0.4, 0.5) is 0 Å². The number of nitrogens with one attached hydrogen (secondary N) is 1. The number of benzene rings is 1. The lowest BCUT2D eigenvalue weighted by atomic mass is 10.1. The summed E-state index contributed by atoms with van der Waals surface area (Å²) in [4.78, 5) is 12.0. The maximum Gasteiger partial charge on any atom is 0.223 e. The van der Waals surface area contributed by atoms with Crippen molar-refractivity contribution in [2.24, 2.45) is 11.8 Å². The molecule has 0 spiro atoms. The summed E-state index contributed by atoms with van der Waals surface area (Å²) >= 11 is 3.47. The third-order valence-electron chi connectivity index (χ3n) is 3.16. The Balaban J connectivity index is 1.97. The molecule has 0 bridgehead atoms. The van der Waals surface area contributed by atoms with Crippen molar-refractivity contribution in [3.8, 4) is 0 Å². The average molecular weight is 296 g/mol. The lowest BCUT2D eigenvalue weighted by molar-refractivity contribution is -0.124. The van der Waals surface area contributed by atoms with Gasteiger partial charge in [-0.1, -0.05) is 35.8 Å². The molecule has 0 saturated heterocycles. The van der Waals surface area contributed by atoms with Crippen LogP contribution >= 0.6 is 15.9 Å². The highest BCUT2D eigenvalue weighted by Crippen LogP contribution is 2.29. The average Bonchev–Trinajstić information content (AvgIpc) is 2.68. The molecule has 17 heavy (non-hydrogen) atoms. The summed E-state index contributed by atoms with van der Waals surface area (Å²) in [6, 6.07) is 6.30. The SMILES string of the molecule is CC(C)CNC(=O)C1Cc2ccc(Br)cc2C1. The molecule has 0 aromatic heterocycles. The van der Waals surface area contributed by atoms with Crippen molar-refractivity contribution in [1.29, 1.82) is 0 Å². The normalized spacial score (nSPS) is 18.2. The second-order valence-electron chi connectivity index (χ2n) is 5.16. The number of hydrogen-bond acceptors (Lipinski definition) is 1. The van der Waals surface area contributed by atoms with Crippen LogP contribution in [0.5, 0.6) is 0 Å². The van der Waals surface area contributed by atoms with Crippen LogP contribution in [0.2, 0.25) is 0 Å². The summed E-state index contributed by atoms with van der Waals surface area (Å²) in [5.74, 6) is 0.834. The maximum absolute atomic E-state index is 12.0. The van der Waals surface area contributed by atoms with Crippen molar-refractivity contribution in [3.05, 3.63) is 33.8 Å². The molecule has 1 amide bonds. The van der Waals surface area contributed by atoms with Crippen molar-refractivity contribution in [2.75, 3.05) is 6.54 Å². The molecule has 0 fully saturated rings. The van der Waals surface area contributed by atoms with Gasteiger partial charge in [-0.2, -0.15) is 0 Å². The number of hydrogen-bond donors (Lipinski definition) is 1. The Morgan fingerprint density at radius 2 is 2.12 bits per heavy atom. The summed E-state index contributed by atoms with van der Waals surface area (Å²) in [5.41, 5.74) is 2.63. The highest BCUT2D eigenvalue weighted by Gasteiger charge is 2.27.